The first kappa shape index (κ1) is 30.3. The molecule has 0 spiro atoms. The van der Waals surface area contributed by atoms with Crippen molar-refractivity contribution in [2.75, 3.05) is 13.6 Å². The van der Waals surface area contributed by atoms with Gasteiger partial charge >= 0.3 is 6.09 Å². The van der Waals surface area contributed by atoms with E-state index in [9.17, 15) is 4.79 Å². The average Bonchev–Trinajstić information content (AvgIpc) is 3.91. The van der Waals surface area contributed by atoms with Gasteiger partial charge in [-0.05, 0) is 124 Å². The zero-order valence-corrected chi connectivity index (χ0v) is 29.3. The van der Waals surface area contributed by atoms with Crippen molar-refractivity contribution in [2.45, 2.75) is 108 Å². The first-order valence-electron chi connectivity index (χ1n) is 18.0. The van der Waals surface area contributed by atoms with Crippen LogP contribution in [0.2, 0.25) is 0 Å². The summed E-state index contributed by atoms with van der Waals surface area (Å²) in [6.07, 6.45) is 12.1. The maximum absolute atomic E-state index is 13.0. The molecule has 1 aliphatic carbocycles. The number of H-pyrrole nitrogens is 1. The molecule has 7 nitrogen and oxygen atoms in total. The van der Waals surface area contributed by atoms with Crippen molar-refractivity contribution in [1.82, 2.24) is 19.8 Å². The Morgan fingerprint density at radius 2 is 1.65 bits per heavy atom. The van der Waals surface area contributed by atoms with Gasteiger partial charge in [0.05, 0.1) is 28.5 Å². The summed E-state index contributed by atoms with van der Waals surface area (Å²) < 4.78 is 5.75. The molecule has 1 amide bonds. The first-order chi connectivity index (χ1) is 23.2. The lowest BCUT2D eigenvalue weighted by molar-refractivity contribution is 0.0265. The summed E-state index contributed by atoms with van der Waals surface area (Å²) in [7, 11) is 2.31. The zero-order valence-electron chi connectivity index (χ0n) is 28.5. The number of benzene rings is 2. The molecule has 9 rings (SSSR count). The van der Waals surface area contributed by atoms with E-state index in [1.54, 1.807) is 0 Å². The maximum atomic E-state index is 13.0. The topological polar surface area (TPSA) is 73.8 Å². The van der Waals surface area contributed by atoms with Gasteiger partial charge in [0.2, 0.25) is 0 Å². The van der Waals surface area contributed by atoms with E-state index in [1.807, 2.05) is 43.2 Å². The molecule has 4 aliphatic heterocycles. The van der Waals surface area contributed by atoms with Crippen LogP contribution in [0.4, 0.5) is 10.5 Å². The van der Waals surface area contributed by atoms with Crippen molar-refractivity contribution in [1.29, 1.82) is 0 Å². The lowest BCUT2D eigenvalue weighted by Crippen LogP contribution is -2.43. The number of hydrogen-bond acceptors (Lipinski definition) is 6. The van der Waals surface area contributed by atoms with Crippen LogP contribution in [0, 0.1) is 0 Å². The number of amides is 1. The molecule has 3 atom stereocenters. The standard InChI is InChI=1S/C40H45N5O2S/c1-40(2,3)47-39(46)45-19-7-10-31(45)29-21-25-20-24(11-14-28(25)42-29)26-12-13-27(37-33-16-15-32(36(26)37)44(33)4)34-17-18-35(48-34)30-22-41-38(43-30)23-8-5-6-9-23/h11-14,17-18,20,22-23,31-33H,5-10,15-16,19,21H2,1-4H3,(H,41,43)/t31-,32?,33?/m0/s1. The molecule has 3 fully saturated rings. The number of fused-ring (bicyclic) bond motifs is 6. The molecule has 0 radical (unpaired) electrons. The van der Waals surface area contributed by atoms with Gasteiger partial charge in [-0.15, -0.1) is 11.3 Å². The quantitative estimate of drug-likeness (QED) is 0.231. The number of aromatic amines is 1. The third-order valence-electron chi connectivity index (χ3n) is 11.4. The van der Waals surface area contributed by atoms with Crippen LogP contribution in [0.1, 0.15) is 113 Å². The van der Waals surface area contributed by atoms with Crippen LogP contribution in [0.3, 0.4) is 0 Å². The summed E-state index contributed by atoms with van der Waals surface area (Å²) in [5.74, 6) is 1.75. The van der Waals surface area contributed by atoms with E-state index in [4.69, 9.17) is 14.7 Å². The van der Waals surface area contributed by atoms with Crippen molar-refractivity contribution in [3.63, 3.8) is 0 Å². The second kappa shape index (κ2) is 11.4. The fourth-order valence-electron chi connectivity index (χ4n) is 9.19. The van der Waals surface area contributed by atoms with E-state index < -0.39 is 5.60 Å². The third-order valence-corrected chi connectivity index (χ3v) is 12.6. The molecule has 2 saturated heterocycles. The first-order valence-corrected chi connectivity index (χ1v) is 18.8. The summed E-state index contributed by atoms with van der Waals surface area (Å²) in [6.45, 7) is 6.51. The molecule has 248 valence electrons. The van der Waals surface area contributed by atoms with Crippen LogP contribution in [-0.2, 0) is 11.2 Å². The third kappa shape index (κ3) is 5.06. The van der Waals surface area contributed by atoms with E-state index in [2.05, 4.69) is 59.4 Å². The average molecular weight is 660 g/mol. The lowest BCUT2D eigenvalue weighted by Gasteiger charge is -2.28. The number of aliphatic imine (C=N–C) groups is 1. The Kier molecular flexibility index (Phi) is 7.21. The number of likely N-dealkylation sites (tertiary alicyclic amines) is 1. The van der Waals surface area contributed by atoms with Gasteiger partial charge in [-0.2, -0.15) is 0 Å². The van der Waals surface area contributed by atoms with E-state index in [0.717, 1.165) is 48.7 Å². The Bertz CT molecular complexity index is 1940. The predicted octanol–water partition coefficient (Wildman–Crippen LogP) is 9.98. The van der Waals surface area contributed by atoms with Gasteiger partial charge in [-0.3, -0.25) is 14.8 Å². The van der Waals surface area contributed by atoms with Gasteiger partial charge in [0.25, 0.3) is 0 Å². The Morgan fingerprint density at radius 3 is 2.44 bits per heavy atom. The van der Waals surface area contributed by atoms with Crippen LogP contribution in [0.5, 0.6) is 0 Å². The number of thiophene rings is 1. The lowest BCUT2D eigenvalue weighted by atomic mass is 9.82. The number of nitrogens with zero attached hydrogens (tertiary/aromatic N) is 4. The van der Waals surface area contributed by atoms with Crippen molar-refractivity contribution < 1.29 is 9.53 Å². The molecule has 6 heterocycles. The summed E-state index contributed by atoms with van der Waals surface area (Å²) in [4.78, 5) is 33.7. The van der Waals surface area contributed by atoms with Gasteiger partial charge < -0.3 is 9.72 Å². The second-order valence-electron chi connectivity index (χ2n) is 15.5. The molecule has 2 bridgehead atoms. The Morgan fingerprint density at radius 1 is 0.896 bits per heavy atom. The highest BCUT2D eigenvalue weighted by Gasteiger charge is 2.45. The Balaban J connectivity index is 1.01. The molecule has 2 aromatic carbocycles. The normalized spacial score (nSPS) is 23.6. The SMILES string of the molecule is CN1C2CCC1c1c(-c3ccc(-c4cnc(C5CCCC5)[nH]4)s3)ccc(-c3ccc4c(c3)CC([C@@H]3CCCN3C(=O)OC(C)(C)C)=N4)c12. The molecule has 48 heavy (non-hydrogen) atoms. The molecule has 4 aromatic rings. The highest BCUT2D eigenvalue weighted by Crippen LogP contribution is 2.58. The van der Waals surface area contributed by atoms with Gasteiger partial charge in [0.15, 0.2) is 0 Å². The summed E-state index contributed by atoms with van der Waals surface area (Å²) in [6, 6.07) is 17.1. The number of ether oxygens (including phenoxy) is 1. The van der Waals surface area contributed by atoms with Crippen LogP contribution in [0.25, 0.3) is 32.1 Å². The molecule has 1 saturated carbocycles. The minimum absolute atomic E-state index is 0.00959. The molecular formula is C40H45N5O2S. The van der Waals surface area contributed by atoms with Crippen LogP contribution in [-0.4, -0.2) is 56.8 Å². The van der Waals surface area contributed by atoms with E-state index >= 15 is 0 Å². The number of aromatic nitrogens is 2. The second-order valence-corrected chi connectivity index (χ2v) is 16.6. The highest BCUT2D eigenvalue weighted by molar-refractivity contribution is 7.18. The number of carbonyl (C=O) groups is 1. The minimum Gasteiger partial charge on any atom is -0.444 e. The zero-order chi connectivity index (χ0) is 32.7. The van der Waals surface area contributed by atoms with Gasteiger partial charge in [-0.1, -0.05) is 31.0 Å². The Labute approximate surface area is 287 Å². The van der Waals surface area contributed by atoms with Crippen molar-refractivity contribution >= 4 is 28.8 Å². The number of imidazole rings is 1. The number of rotatable bonds is 5. The van der Waals surface area contributed by atoms with Crippen LogP contribution in [0.15, 0.2) is 53.7 Å². The summed E-state index contributed by atoms with van der Waals surface area (Å²) >= 11 is 1.88. The maximum Gasteiger partial charge on any atom is 0.410 e. The van der Waals surface area contributed by atoms with E-state index in [1.165, 1.54) is 81.7 Å². The molecule has 2 aromatic heterocycles. The minimum atomic E-state index is -0.507. The van der Waals surface area contributed by atoms with Crippen molar-refractivity contribution in [3.05, 3.63) is 71.2 Å². The van der Waals surface area contributed by atoms with Crippen LogP contribution >= 0.6 is 11.3 Å². The van der Waals surface area contributed by atoms with E-state index in [0.29, 0.717) is 18.0 Å². The van der Waals surface area contributed by atoms with Gasteiger partial charge in [0.1, 0.15) is 11.4 Å². The number of carbonyl (C=O) groups excluding carboxylic acids is 1. The smallest absolute Gasteiger partial charge is 0.410 e. The molecule has 8 heteroatoms. The van der Waals surface area contributed by atoms with Crippen molar-refractivity contribution in [2.24, 2.45) is 4.99 Å². The fraction of sp³-hybridized carbons (Fsp3) is 0.475. The molecule has 1 N–H and O–H groups in total. The molecule has 2 unspecified atom stereocenters. The largest absolute Gasteiger partial charge is 0.444 e. The van der Waals surface area contributed by atoms with E-state index in [-0.39, 0.29) is 12.1 Å². The Hall–Kier alpha value is -3.75. The number of hydrogen-bond donors (Lipinski definition) is 1. The molecule has 5 aliphatic rings. The predicted molar refractivity (Wildman–Crippen MR) is 193 cm³/mol. The number of nitrogens with one attached hydrogen (secondary N) is 1. The van der Waals surface area contributed by atoms with Crippen LogP contribution < -0.4 is 0 Å². The highest BCUT2D eigenvalue weighted by atomic mass is 32.1. The van der Waals surface area contributed by atoms with Gasteiger partial charge in [-0.25, -0.2) is 9.78 Å². The van der Waals surface area contributed by atoms with Gasteiger partial charge in [0, 0.05) is 41.6 Å². The monoisotopic (exact) mass is 659 g/mol. The summed E-state index contributed by atoms with van der Waals surface area (Å²) in [5, 5.41) is 0. The summed E-state index contributed by atoms with van der Waals surface area (Å²) in [5.41, 5.74) is 11.1. The molecular weight excluding hydrogens is 615 g/mol. The fourth-order valence-corrected chi connectivity index (χ4v) is 10.2. The van der Waals surface area contributed by atoms with Crippen molar-refractivity contribution in [3.8, 4) is 32.1 Å².